The molecule has 1 amide bonds. The largest absolute Gasteiger partial charge is 0.465 e. The van der Waals surface area contributed by atoms with Crippen molar-refractivity contribution >= 4 is 17.8 Å². The van der Waals surface area contributed by atoms with Crippen molar-refractivity contribution in [1.82, 2.24) is 4.98 Å². The van der Waals surface area contributed by atoms with Crippen LogP contribution >= 0.6 is 0 Å². The lowest BCUT2D eigenvalue weighted by Crippen LogP contribution is -2.09. The molecule has 5 nitrogen and oxygen atoms in total. The van der Waals surface area contributed by atoms with E-state index in [4.69, 9.17) is 9.52 Å². The first-order valence-corrected chi connectivity index (χ1v) is 5.36. The highest BCUT2D eigenvalue weighted by atomic mass is 16.3. The molecule has 5 heteroatoms. The number of aliphatic hydroxyl groups excluding tert-OH is 1. The van der Waals surface area contributed by atoms with Crippen molar-refractivity contribution < 1.29 is 14.3 Å². The number of hydrogen-bond acceptors (Lipinski definition) is 4. The number of nitrogens with zero attached hydrogens (tertiary/aromatic N) is 1. The third-order valence-corrected chi connectivity index (χ3v) is 2.20. The number of carbonyl (C=O) groups is 1. The highest BCUT2D eigenvalue weighted by Crippen LogP contribution is 2.07. The Bertz CT molecular complexity index is 547. The average Bonchev–Trinajstić information content (AvgIpc) is 2.90. The Balaban J connectivity index is 1.98. The summed E-state index contributed by atoms with van der Waals surface area (Å²) >= 11 is 0. The van der Waals surface area contributed by atoms with Crippen molar-refractivity contribution in [2.75, 3.05) is 5.32 Å². The van der Waals surface area contributed by atoms with Crippen molar-refractivity contribution in [1.29, 1.82) is 0 Å². The van der Waals surface area contributed by atoms with E-state index in [-0.39, 0.29) is 12.5 Å². The van der Waals surface area contributed by atoms with Gasteiger partial charge in [0, 0.05) is 12.3 Å². The van der Waals surface area contributed by atoms with Gasteiger partial charge in [0.2, 0.25) is 5.91 Å². The lowest BCUT2D eigenvalue weighted by molar-refractivity contribution is -0.111. The van der Waals surface area contributed by atoms with Gasteiger partial charge in [0.15, 0.2) is 0 Å². The molecule has 18 heavy (non-hydrogen) atoms. The SMILES string of the molecule is O=C(/C=C/c1ccco1)Nc1cc(CO)ccn1. The standard InChI is InChI=1S/C13H12N2O3/c16-9-10-5-6-14-12(8-10)15-13(17)4-3-11-2-1-7-18-11/h1-8,16H,9H2,(H,14,15,17)/b4-3+. The first-order valence-electron chi connectivity index (χ1n) is 5.36. The molecule has 0 aliphatic carbocycles. The molecule has 0 aliphatic heterocycles. The van der Waals surface area contributed by atoms with Crippen molar-refractivity contribution in [2.45, 2.75) is 6.61 Å². The summed E-state index contributed by atoms with van der Waals surface area (Å²) in [6.07, 6.45) is 5.97. The number of pyridine rings is 1. The molecule has 0 radical (unpaired) electrons. The maximum atomic E-state index is 11.6. The normalized spacial score (nSPS) is 10.7. The Morgan fingerprint density at radius 1 is 1.50 bits per heavy atom. The van der Waals surface area contributed by atoms with E-state index in [1.165, 1.54) is 18.5 Å². The zero-order valence-corrected chi connectivity index (χ0v) is 9.54. The van der Waals surface area contributed by atoms with E-state index in [2.05, 4.69) is 10.3 Å². The third kappa shape index (κ3) is 3.29. The van der Waals surface area contributed by atoms with Gasteiger partial charge in [-0.3, -0.25) is 4.79 Å². The molecule has 0 fully saturated rings. The summed E-state index contributed by atoms with van der Waals surface area (Å²) in [5.41, 5.74) is 0.690. The minimum Gasteiger partial charge on any atom is -0.465 e. The van der Waals surface area contributed by atoms with Crippen LogP contribution in [-0.2, 0) is 11.4 Å². The summed E-state index contributed by atoms with van der Waals surface area (Å²) in [5.74, 6) is 0.687. The molecule has 2 aromatic rings. The summed E-state index contributed by atoms with van der Waals surface area (Å²) < 4.78 is 5.06. The van der Waals surface area contributed by atoms with E-state index in [9.17, 15) is 4.79 Å². The summed E-state index contributed by atoms with van der Waals surface area (Å²) in [7, 11) is 0. The maximum Gasteiger partial charge on any atom is 0.249 e. The van der Waals surface area contributed by atoms with Crippen LogP contribution in [0.3, 0.4) is 0 Å². The van der Waals surface area contributed by atoms with Gasteiger partial charge in [-0.25, -0.2) is 4.98 Å². The monoisotopic (exact) mass is 244 g/mol. The molecule has 0 atom stereocenters. The van der Waals surface area contributed by atoms with Crippen LogP contribution in [0.5, 0.6) is 0 Å². The fourth-order valence-corrected chi connectivity index (χ4v) is 1.35. The lowest BCUT2D eigenvalue weighted by Gasteiger charge is -2.02. The Labute approximate surface area is 104 Å². The zero-order chi connectivity index (χ0) is 12.8. The molecule has 2 heterocycles. The van der Waals surface area contributed by atoms with Gasteiger partial charge in [-0.05, 0) is 35.9 Å². The molecular weight excluding hydrogens is 232 g/mol. The number of rotatable bonds is 4. The highest BCUT2D eigenvalue weighted by molar-refractivity contribution is 6.01. The van der Waals surface area contributed by atoms with Crippen molar-refractivity contribution in [3.63, 3.8) is 0 Å². The number of furan rings is 1. The van der Waals surface area contributed by atoms with E-state index < -0.39 is 0 Å². The van der Waals surface area contributed by atoms with Gasteiger partial charge in [0.05, 0.1) is 12.9 Å². The van der Waals surface area contributed by atoms with E-state index in [1.807, 2.05) is 0 Å². The Morgan fingerprint density at radius 3 is 3.11 bits per heavy atom. The number of amides is 1. The smallest absolute Gasteiger partial charge is 0.249 e. The van der Waals surface area contributed by atoms with Gasteiger partial charge < -0.3 is 14.8 Å². The van der Waals surface area contributed by atoms with Gasteiger partial charge in [0.1, 0.15) is 11.6 Å². The molecule has 2 N–H and O–H groups in total. The van der Waals surface area contributed by atoms with Crippen LogP contribution in [0.25, 0.3) is 6.08 Å². The molecule has 0 spiro atoms. The second kappa shape index (κ2) is 5.79. The first-order chi connectivity index (χ1) is 8.78. The van der Waals surface area contributed by atoms with Crippen LogP contribution < -0.4 is 5.32 Å². The molecule has 92 valence electrons. The van der Waals surface area contributed by atoms with Crippen molar-refractivity contribution in [3.05, 3.63) is 54.1 Å². The van der Waals surface area contributed by atoms with Crippen LogP contribution in [-0.4, -0.2) is 16.0 Å². The van der Waals surface area contributed by atoms with Crippen molar-refractivity contribution in [3.8, 4) is 0 Å². The van der Waals surface area contributed by atoms with Crippen LogP contribution in [0.15, 0.2) is 47.2 Å². The van der Waals surface area contributed by atoms with E-state index in [0.717, 1.165) is 0 Å². The number of carbonyl (C=O) groups excluding carboxylic acids is 1. The second-order valence-electron chi connectivity index (χ2n) is 3.55. The number of aromatic nitrogens is 1. The summed E-state index contributed by atoms with van der Waals surface area (Å²) in [6.45, 7) is -0.0897. The predicted molar refractivity (Wildman–Crippen MR) is 66.5 cm³/mol. The average molecular weight is 244 g/mol. The van der Waals surface area contributed by atoms with E-state index >= 15 is 0 Å². The molecule has 0 aromatic carbocycles. The molecule has 2 rings (SSSR count). The molecule has 0 bridgehead atoms. The molecule has 0 unspecified atom stereocenters. The number of anilines is 1. The van der Waals surface area contributed by atoms with Gasteiger partial charge in [-0.1, -0.05) is 0 Å². The fourth-order valence-electron chi connectivity index (χ4n) is 1.35. The lowest BCUT2D eigenvalue weighted by atomic mass is 10.3. The first kappa shape index (κ1) is 12.1. The Morgan fingerprint density at radius 2 is 2.39 bits per heavy atom. The topological polar surface area (TPSA) is 75.4 Å². The second-order valence-corrected chi connectivity index (χ2v) is 3.55. The molecule has 0 saturated heterocycles. The quantitative estimate of drug-likeness (QED) is 0.804. The minimum atomic E-state index is -0.311. The van der Waals surface area contributed by atoms with Crippen LogP contribution in [0.2, 0.25) is 0 Å². The molecule has 0 aliphatic rings. The summed E-state index contributed by atoms with van der Waals surface area (Å²) in [6, 6.07) is 6.77. The molecular formula is C13H12N2O3. The van der Waals surface area contributed by atoms with Crippen LogP contribution in [0, 0.1) is 0 Å². The van der Waals surface area contributed by atoms with E-state index in [1.54, 1.807) is 30.3 Å². The van der Waals surface area contributed by atoms with Gasteiger partial charge >= 0.3 is 0 Å². The fraction of sp³-hybridized carbons (Fsp3) is 0.0769. The Hall–Kier alpha value is -2.40. The third-order valence-electron chi connectivity index (χ3n) is 2.20. The molecule has 0 saturated carbocycles. The number of hydrogen-bond donors (Lipinski definition) is 2. The Kier molecular flexibility index (Phi) is 3.88. The summed E-state index contributed by atoms with van der Waals surface area (Å²) in [4.78, 5) is 15.5. The minimum absolute atomic E-state index is 0.0897. The van der Waals surface area contributed by atoms with Crippen LogP contribution in [0.4, 0.5) is 5.82 Å². The predicted octanol–water partition coefficient (Wildman–Crippen LogP) is 1.82. The number of aliphatic hydroxyl groups is 1. The summed E-state index contributed by atoms with van der Waals surface area (Å²) in [5, 5.41) is 11.5. The zero-order valence-electron chi connectivity index (χ0n) is 9.54. The van der Waals surface area contributed by atoms with Gasteiger partial charge in [-0.2, -0.15) is 0 Å². The van der Waals surface area contributed by atoms with Gasteiger partial charge in [0.25, 0.3) is 0 Å². The van der Waals surface area contributed by atoms with Crippen molar-refractivity contribution in [2.24, 2.45) is 0 Å². The number of nitrogens with one attached hydrogen (secondary N) is 1. The van der Waals surface area contributed by atoms with Gasteiger partial charge in [-0.15, -0.1) is 0 Å². The highest BCUT2D eigenvalue weighted by Gasteiger charge is 2.00. The van der Waals surface area contributed by atoms with E-state index in [0.29, 0.717) is 17.1 Å². The van der Waals surface area contributed by atoms with Crippen LogP contribution in [0.1, 0.15) is 11.3 Å². The maximum absolute atomic E-state index is 11.6. The molecule has 2 aromatic heterocycles.